The Morgan fingerprint density at radius 3 is 1.32 bits per heavy atom. The number of pyridine rings is 9. The van der Waals surface area contributed by atoms with Gasteiger partial charge in [0, 0.05) is 106 Å². The van der Waals surface area contributed by atoms with Gasteiger partial charge in [-0.1, -0.05) is 46.3 Å². The second kappa shape index (κ2) is 27.5. The highest BCUT2D eigenvalue weighted by atomic mass is 79.9. The number of fused-ring (bicyclic) bond motifs is 3. The summed E-state index contributed by atoms with van der Waals surface area (Å²) < 4.78 is 8.31. The van der Waals surface area contributed by atoms with Crippen molar-refractivity contribution < 1.29 is 34.1 Å². The van der Waals surface area contributed by atoms with Crippen molar-refractivity contribution in [1.82, 2.24) is 49.6 Å². The molecular weight excluding hydrogens is 1440 g/mol. The summed E-state index contributed by atoms with van der Waals surface area (Å²) in [6.45, 7) is 3.38. The van der Waals surface area contributed by atoms with Gasteiger partial charge in [-0.3, -0.25) is 33.8 Å². The lowest BCUT2D eigenvalue weighted by molar-refractivity contribution is -0.623. The molecule has 0 bridgehead atoms. The van der Waals surface area contributed by atoms with E-state index in [1.54, 1.807) is 119 Å². The summed E-state index contributed by atoms with van der Waals surface area (Å²) in [6.07, 6.45) is 25.1. The number of rotatable bonds is 16. The zero-order chi connectivity index (χ0) is 71.6. The predicted octanol–water partition coefficient (Wildman–Crippen LogP) is 11.3. The van der Waals surface area contributed by atoms with Gasteiger partial charge in [-0.05, 0) is 220 Å². The Bertz CT molecular complexity index is 5570. The SMILES string of the molecule is CC(C)(O)c1ccc(-c2cc(Br)cc(-n3cc(C(=O)NC4CC4)c(=O)c4cccnc43)c2)cn1.O=C(NC1CC1)c1cn(-c2cccc(-c3cc(Br)c[n+]([O-])c3)c2)c2ncccc2c1=O.O=C(NC1CC1)c1cn(-c2cccc(-c3ccc(C(O)(C4CC4)C4CC4)[n+]([O-])c3)c2)c2ncccc2c1=O. The summed E-state index contributed by atoms with van der Waals surface area (Å²) in [4.78, 5) is 95.3. The van der Waals surface area contributed by atoms with Crippen molar-refractivity contribution in [1.29, 1.82) is 0 Å². The molecule has 3 aromatic carbocycles. The second-order valence-corrected chi connectivity index (χ2v) is 29.3. The second-order valence-electron chi connectivity index (χ2n) is 27.5. The van der Waals surface area contributed by atoms with Crippen molar-refractivity contribution in [3.8, 4) is 50.4 Å². The van der Waals surface area contributed by atoms with Crippen LogP contribution in [0.15, 0.2) is 219 Å². The fourth-order valence-electron chi connectivity index (χ4n) is 12.9. The first-order valence-electron chi connectivity index (χ1n) is 34.1. The number of benzene rings is 3. The molecule has 103 heavy (non-hydrogen) atoms. The number of aliphatic hydroxyl groups is 2. The lowest BCUT2D eigenvalue weighted by atomic mass is 9.87. The van der Waals surface area contributed by atoms with E-state index in [-0.39, 0.29) is 80.7 Å². The highest BCUT2D eigenvalue weighted by Crippen LogP contribution is 2.57. The molecule has 518 valence electrons. The van der Waals surface area contributed by atoms with E-state index in [0.717, 1.165) is 117 Å². The van der Waals surface area contributed by atoms with Crippen LogP contribution in [0.1, 0.15) is 121 Å². The first kappa shape index (κ1) is 67.9. The van der Waals surface area contributed by atoms with Crippen LogP contribution in [0.5, 0.6) is 0 Å². The van der Waals surface area contributed by atoms with Crippen LogP contribution in [0, 0.1) is 22.3 Å². The number of aromatic nitrogens is 9. The minimum atomic E-state index is -1.04. The number of amides is 3. The molecule has 9 heterocycles. The third-order valence-electron chi connectivity index (χ3n) is 19.1. The lowest BCUT2D eigenvalue weighted by Crippen LogP contribution is -2.45. The largest absolute Gasteiger partial charge is 0.619 e. The first-order chi connectivity index (χ1) is 49.6. The Hall–Kier alpha value is -10.9. The van der Waals surface area contributed by atoms with E-state index in [1.807, 2.05) is 84.9 Å². The van der Waals surface area contributed by atoms with Gasteiger partial charge in [-0.2, -0.15) is 9.46 Å². The molecular formula is C79H68Br2N12O10. The molecule has 0 atom stereocenters. The number of hydrogen-bond acceptors (Lipinski definition) is 14. The quantitative estimate of drug-likeness (QED) is 0.0444. The van der Waals surface area contributed by atoms with Crippen LogP contribution in [-0.4, -0.2) is 79.7 Å². The van der Waals surface area contributed by atoms with Crippen LogP contribution >= 0.6 is 31.9 Å². The fourth-order valence-corrected chi connectivity index (χ4v) is 13.9. The van der Waals surface area contributed by atoms with Gasteiger partial charge in [0.2, 0.25) is 22.0 Å². The van der Waals surface area contributed by atoms with Crippen LogP contribution < -0.4 is 41.7 Å². The molecule has 0 aliphatic heterocycles. The third-order valence-corrected chi connectivity index (χ3v) is 20.0. The molecule has 9 aromatic heterocycles. The number of hydrogen-bond donors (Lipinski definition) is 5. The smallest absolute Gasteiger partial charge is 0.257 e. The fraction of sp³-hybridized carbons (Fsp3) is 0.241. The van der Waals surface area contributed by atoms with Gasteiger partial charge in [0.25, 0.3) is 17.7 Å². The molecule has 12 aromatic rings. The van der Waals surface area contributed by atoms with E-state index in [1.165, 1.54) is 18.6 Å². The number of nitrogens with zero attached hydrogens (tertiary/aromatic N) is 9. The molecule has 22 nitrogen and oxygen atoms in total. The van der Waals surface area contributed by atoms with Crippen LogP contribution in [0.4, 0.5) is 0 Å². The van der Waals surface area contributed by atoms with Crippen molar-refractivity contribution in [2.75, 3.05) is 0 Å². The maximum Gasteiger partial charge on any atom is 0.257 e. The molecule has 0 unspecified atom stereocenters. The van der Waals surface area contributed by atoms with Gasteiger partial charge in [0.1, 0.15) is 39.2 Å². The molecule has 0 saturated heterocycles. The summed E-state index contributed by atoms with van der Waals surface area (Å²) in [5, 5.41) is 56.5. The van der Waals surface area contributed by atoms with Gasteiger partial charge in [0.15, 0.2) is 24.2 Å². The Balaban J connectivity index is 0.000000125. The standard InChI is InChI=1S/C30H28N4O4.C26H23BrN4O3.C23H17BrN4O3/c35-27-24-5-2-14-31-28(24)33(17-25(27)29(36)32-22-11-12-22)23-4-1-3-18(15-23)19-6-13-26(34(38)16-19)30(37,20-7-8-20)21-9-10-21;1-26(2,34)22-8-5-15(13-29-22)16-10-17(27)12-19(11-16)31-14-21(25(33)30-18-6-7-18)23(32)20-4-3-9-28-24(20)31;24-16-9-15(11-27(31)12-16)14-3-1-4-18(10-14)28-13-20(23(30)26-17-6-7-17)21(29)19-5-2-8-25-22(19)28/h1-6,13-17,20-22,37H,7-12H2,(H,32,36);3-5,8-14,18,34H,6-7H2,1-2H3,(H,30,33);1-5,8-13,17H,6-7H2,(H,26,30). The Morgan fingerprint density at radius 1 is 0.466 bits per heavy atom. The van der Waals surface area contributed by atoms with Crippen molar-refractivity contribution in [2.24, 2.45) is 11.8 Å². The van der Waals surface area contributed by atoms with Gasteiger partial charge in [0.05, 0.1) is 26.3 Å². The van der Waals surface area contributed by atoms with Gasteiger partial charge in [-0.15, -0.1) is 0 Å². The predicted molar refractivity (Wildman–Crippen MR) is 395 cm³/mol. The number of nitrogens with one attached hydrogen (secondary N) is 3. The molecule has 5 aliphatic carbocycles. The highest BCUT2D eigenvalue weighted by molar-refractivity contribution is 9.10. The summed E-state index contributed by atoms with van der Waals surface area (Å²) in [6, 6.07) is 40.6. The summed E-state index contributed by atoms with van der Waals surface area (Å²) in [5.41, 5.74) is 6.51. The van der Waals surface area contributed by atoms with Crippen molar-refractivity contribution in [3.05, 3.63) is 274 Å². The molecule has 17 rings (SSSR count). The minimum Gasteiger partial charge on any atom is -0.619 e. The zero-order valence-corrected chi connectivity index (χ0v) is 59.0. The van der Waals surface area contributed by atoms with E-state index in [2.05, 4.69) is 67.7 Å². The minimum absolute atomic E-state index is 0.0731. The molecule has 5 N–H and O–H groups in total. The lowest BCUT2D eigenvalue weighted by Gasteiger charge is -2.26. The maximum absolute atomic E-state index is 13.2. The van der Waals surface area contributed by atoms with Crippen LogP contribution in [0.3, 0.4) is 0 Å². The van der Waals surface area contributed by atoms with Gasteiger partial charge >= 0.3 is 0 Å². The normalized spacial score (nSPS) is 15.0. The van der Waals surface area contributed by atoms with E-state index < -0.39 is 11.2 Å². The number of halogens is 2. The summed E-state index contributed by atoms with van der Waals surface area (Å²) >= 11 is 6.93. The van der Waals surface area contributed by atoms with Crippen LogP contribution in [0.2, 0.25) is 0 Å². The third kappa shape index (κ3) is 14.4. The molecule has 5 saturated carbocycles. The molecule has 3 amide bonds. The first-order valence-corrected chi connectivity index (χ1v) is 35.7. The Labute approximate surface area is 605 Å². The molecule has 5 fully saturated rings. The van der Waals surface area contributed by atoms with E-state index in [9.17, 15) is 49.4 Å². The molecule has 5 aliphatic rings. The average molecular weight is 1510 g/mol. The summed E-state index contributed by atoms with van der Waals surface area (Å²) in [7, 11) is 0. The Morgan fingerprint density at radius 2 is 0.903 bits per heavy atom. The average Bonchev–Trinajstić information content (AvgIpc) is 1.62. The zero-order valence-electron chi connectivity index (χ0n) is 55.9. The van der Waals surface area contributed by atoms with E-state index in [4.69, 9.17) is 0 Å². The van der Waals surface area contributed by atoms with Gasteiger partial charge < -0.3 is 50.3 Å². The van der Waals surface area contributed by atoms with Gasteiger partial charge in [-0.25, -0.2) is 15.0 Å². The number of carbonyl (C=O) groups excluding carboxylic acids is 3. The summed E-state index contributed by atoms with van der Waals surface area (Å²) in [5.74, 6) is -0.792. The van der Waals surface area contributed by atoms with E-state index >= 15 is 0 Å². The molecule has 0 radical (unpaired) electrons. The highest BCUT2D eigenvalue weighted by Gasteiger charge is 2.58. The van der Waals surface area contributed by atoms with Crippen molar-refractivity contribution in [3.63, 3.8) is 0 Å². The maximum atomic E-state index is 13.2. The van der Waals surface area contributed by atoms with E-state index in [0.29, 0.717) is 60.2 Å². The molecule has 0 spiro atoms. The Kier molecular flexibility index (Phi) is 18.1. The monoisotopic (exact) mass is 1500 g/mol. The number of carbonyl (C=O) groups is 3. The van der Waals surface area contributed by atoms with Crippen molar-refractivity contribution >= 4 is 82.7 Å². The molecule has 24 heteroatoms. The van der Waals surface area contributed by atoms with Crippen LogP contribution in [0.25, 0.3) is 83.5 Å². The topological polar surface area (TPSA) is 299 Å². The van der Waals surface area contributed by atoms with Crippen molar-refractivity contribution in [2.45, 2.75) is 107 Å². The van der Waals surface area contributed by atoms with Crippen LogP contribution in [-0.2, 0) is 11.2 Å².